The summed E-state index contributed by atoms with van der Waals surface area (Å²) in [6, 6.07) is 19.3. The molecule has 1 heterocycles. The van der Waals surface area contributed by atoms with Gasteiger partial charge in [0, 0.05) is 22.0 Å². The highest BCUT2D eigenvalue weighted by Crippen LogP contribution is 2.46. The second-order valence-electron chi connectivity index (χ2n) is 9.89. The molecule has 0 unspecified atom stereocenters. The van der Waals surface area contributed by atoms with Crippen LogP contribution in [0, 0.1) is 0 Å². The minimum absolute atomic E-state index is 0.00478. The number of fused-ring (bicyclic) bond motifs is 3. The number of aromatic amines is 1. The van der Waals surface area contributed by atoms with Gasteiger partial charge in [0.25, 0.3) is 0 Å². The molecule has 2 heteroatoms. The molecule has 0 radical (unpaired) electrons. The van der Waals surface area contributed by atoms with Crippen molar-refractivity contribution in [2.75, 3.05) is 5.73 Å². The normalized spacial score (nSPS) is 12.8. The Kier molecular flexibility index (Phi) is 4.08. The predicted molar refractivity (Wildman–Crippen MR) is 123 cm³/mol. The zero-order chi connectivity index (χ0) is 20.3. The van der Waals surface area contributed by atoms with Gasteiger partial charge in [0.05, 0.1) is 5.52 Å². The summed E-state index contributed by atoms with van der Waals surface area (Å²) >= 11 is 0. The van der Waals surface area contributed by atoms with Gasteiger partial charge < -0.3 is 10.7 Å². The van der Waals surface area contributed by atoms with Gasteiger partial charge in [0.2, 0.25) is 0 Å². The molecule has 144 valence electrons. The largest absolute Gasteiger partial charge is 0.399 e. The number of aromatic nitrogens is 1. The first-order chi connectivity index (χ1) is 13.1. The van der Waals surface area contributed by atoms with Gasteiger partial charge in [-0.05, 0) is 57.3 Å². The molecule has 28 heavy (non-hydrogen) atoms. The number of H-pyrrole nitrogens is 1. The van der Waals surface area contributed by atoms with E-state index < -0.39 is 0 Å². The van der Waals surface area contributed by atoms with Gasteiger partial charge in [-0.3, -0.25) is 0 Å². The molecule has 0 atom stereocenters. The number of nitrogens with one attached hydrogen (secondary N) is 1. The van der Waals surface area contributed by atoms with Gasteiger partial charge in [0.15, 0.2) is 0 Å². The van der Waals surface area contributed by atoms with Crippen molar-refractivity contribution in [2.45, 2.75) is 52.4 Å². The van der Waals surface area contributed by atoms with Crippen molar-refractivity contribution in [3.05, 3.63) is 65.7 Å². The number of nitrogen functional groups attached to an aromatic ring is 1. The van der Waals surface area contributed by atoms with Crippen LogP contribution in [0.4, 0.5) is 5.69 Å². The monoisotopic (exact) mass is 370 g/mol. The van der Waals surface area contributed by atoms with Crippen LogP contribution >= 0.6 is 0 Å². The minimum Gasteiger partial charge on any atom is -0.399 e. The number of hydrogen-bond acceptors (Lipinski definition) is 1. The van der Waals surface area contributed by atoms with Crippen molar-refractivity contribution in [3.8, 4) is 11.1 Å². The molecule has 0 amide bonds. The Labute approximate surface area is 167 Å². The highest BCUT2D eigenvalue weighted by Gasteiger charge is 2.31. The molecule has 0 bridgehead atoms. The lowest BCUT2D eigenvalue weighted by Crippen LogP contribution is -2.23. The second kappa shape index (κ2) is 6.13. The molecule has 0 saturated carbocycles. The second-order valence-corrected chi connectivity index (χ2v) is 9.89. The van der Waals surface area contributed by atoms with Crippen LogP contribution < -0.4 is 5.73 Å². The molecule has 0 aliphatic carbocycles. The standard InChI is InChI=1S/C26H30N2/c1-25(2,3)22-19(16-11-13-17(27)14-12-16)15-20-18-9-7-8-10-21(18)28-24(20)23(22)26(4,5)6/h7-15,28H,27H2,1-6H3. The molecule has 0 aliphatic rings. The van der Waals surface area contributed by atoms with E-state index in [2.05, 4.69) is 89.0 Å². The number of nitrogens with two attached hydrogens (primary N) is 1. The summed E-state index contributed by atoms with van der Waals surface area (Å²) in [4.78, 5) is 3.73. The average Bonchev–Trinajstić information content (AvgIpc) is 2.97. The Hall–Kier alpha value is -2.74. The van der Waals surface area contributed by atoms with Gasteiger partial charge in [0.1, 0.15) is 0 Å². The lowest BCUT2D eigenvalue weighted by Gasteiger charge is -2.33. The highest BCUT2D eigenvalue weighted by atomic mass is 14.7. The molecule has 0 saturated heterocycles. The van der Waals surface area contributed by atoms with E-state index in [-0.39, 0.29) is 10.8 Å². The van der Waals surface area contributed by atoms with Crippen molar-refractivity contribution >= 4 is 27.5 Å². The summed E-state index contributed by atoms with van der Waals surface area (Å²) in [6.45, 7) is 13.9. The molecule has 4 aromatic rings. The van der Waals surface area contributed by atoms with Crippen molar-refractivity contribution in [1.29, 1.82) is 0 Å². The van der Waals surface area contributed by atoms with E-state index in [0.29, 0.717) is 0 Å². The van der Waals surface area contributed by atoms with E-state index in [1.807, 2.05) is 12.1 Å². The Morgan fingerprint density at radius 3 is 1.93 bits per heavy atom. The molecular formula is C26H30N2. The number of anilines is 1. The molecule has 2 nitrogen and oxygen atoms in total. The molecule has 0 fully saturated rings. The summed E-state index contributed by atoms with van der Waals surface area (Å²) in [6.07, 6.45) is 0. The number of benzene rings is 3. The molecule has 0 aliphatic heterocycles. The quantitative estimate of drug-likeness (QED) is 0.343. The summed E-state index contributed by atoms with van der Waals surface area (Å²) in [5, 5.41) is 2.57. The van der Waals surface area contributed by atoms with Gasteiger partial charge in [-0.15, -0.1) is 0 Å². The lowest BCUT2D eigenvalue weighted by molar-refractivity contribution is 0.535. The Balaban J connectivity index is 2.24. The van der Waals surface area contributed by atoms with Crippen molar-refractivity contribution in [2.24, 2.45) is 0 Å². The van der Waals surface area contributed by atoms with Crippen LogP contribution in [0.5, 0.6) is 0 Å². The van der Waals surface area contributed by atoms with Crippen molar-refractivity contribution < 1.29 is 0 Å². The van der Waals surface area contributed by atoms with Gasteiger partial charge in [-0.1, -0.05) is 71.9 Å². The third kappa shape index (κ3) is 2.97. The first-order valence-electron chi connectivity index (χ1n) is 10.0. The molecule has 3 N–H and O–H groups in total. The summed E-state index contributed by atoms with van der Waals surface area (Å²) in [5.74, 6) is 0. The van der Waals surface area contributed by atoms with E-state index in [0.717, 1.165) is 5.69 Å². The Morgan fingerprint density at radius 1 is 0.714 bits per heavy atom. The molecule has 1 aromatic heterocycles. The Bertz CT molecular complexity index is 1160. The summed E-state index contributed by atoms with van der Waals surface area (Å²) < 4.78 is 0. The third-order valence-electron chi connectivity index (χ3n) is 5.53. The Morgan fingerprint density at radius 2 is 1.32 bits per heavy atom. The smallest absolute Gasteiger partial charge is 0.0506 e. The summed E-state index contributed by atoms with van der Waals surface area (Å²) in [5.41, 5.74) is 14.6. The molecular weight excluding hydrogens is 340 g/mol. The van der Waals surface area contributed by atoms with Gasteiger partial charge in [-0.2, -0.15) is 0 Å². The molecule has 0 spiro atoms. The van der Waals surface area contributed by atoms with E-state index in [1.54, 1.807) is 0 Å². The zero-order valence-electron chi connectivity index (χ0n) is 17.8. The number of rotatable bonds is 1. The number of hydrogen-bond donors (Lipinski definition) is 2. The fourth-order valence-electron chi connectivity index (χ4n) is 4.41. The first-order valence-corrected chi connectivity index (χ1v) is 10.0. The van der Waals surface area contributed by atoms with Crippen LogP contribution in [-0.4, -0.2) is 4.98 Å². The van der Waals surface area contributed by atoms with Crippen molar-refractivity contribution in [1.82, 2.24) is 4.98 Å². The van der Waals surface area contributed by atoms with Crippen molar-refractivity contribution in [3.63, 3.8) is 0 Å². The molecule has 4 rings (SSSR count). The van der Waals surface area contributed by atoms with E-state index in [9.17, 15) is 0 Å². The predicted octanol–water partition coefficient (Wildman–Crippen LogP) is 7.17. The third-order valence-corrected chi connectivity index (χ3v) is 5.53. The van der Waals surface area contributed by atoms with E-state index >= 15 is 0 Å². The highest BCUT2D eigenvalue weighted by molar-refractivity contribution is 6.10. The van der Waals surface area contributed by atoms with Crippen LogP contribution in [0.2, 0.25) is 0 Å². The van der Waals surface area contributed by atoms with Crippen LogP contribution in [0.15, 0.2) is 54.6 Å². The SMILES string of the molecule is CC(C)(C)c1c(-c2ccc(N)cc2)cc2c([nH]c3ccccc32)c1C(C)(C)C. The van der Waals surface area contributed by atoms with E-state index in [1.165, 1.54) is 44.1 Å². The van der Waals surface area contributed by atoms with Crippen LogP contribution in [0.1, 0.15) is 52.7 Å². The zero-order valence-corrected chi connectivity index (χ0v) is 17.8. The lowest BCUT2D eigenvalue weighted by atomic mass is 9.71. The average molecular weight is 371 g/mol. The first kappa shape index (κ1) is 18.6. The fourth-order valence-corrected chi connectivity index (χ4v) is 4.41. The minimum atomic E-state index is 0.00478. The van der Waals surface area contributed by atoms with Gasteiger partial charge >= 0.3 is 0 Å². The van der Waals surface area contributed by atoms with Crippen LogP contribution in [0.3, 0.4) is 0 Å². The van der Waals surface area contributed by atoms with Crippen LogP contribution in [-0.2, 0) is 10.8 Å². The van der Waals surface area contributed by atoms with Crippen LogP contribution in [0.25, 0.3) is 32.9 Å². The maximum atomic E-state index is 5.97. The van der Waals surface area contributed by atoms with E-state index in [4.69, 9.17) is 5.73 Å². The fraction of sp³-hybridized carbons (Fsp3) is 0.308. The van der Waals surface area contributed by atoms with Gasteiger partial charge in [-0.25, -0.2) is 0 Å². The topological polar surface area (TPSA) is 41.8 Å². The maximum absolute atomic E-state index is 5.97. The number of para-hydroxylation sites is 1. The molecule has 3 aromatic carbocycles. The maximum Gasteiger partial charge on any atom is 0.0506 e. The summed E-state index contributed by atoms with van der Waals surface area (Å²) in [7, 11) is 0.